The lowest BCUT2D eigenvalue weighted by molar-refractivity contribution is 0.0698. The number of hydrogen-bond donors (Lipinski definition) is 3. The van der Waals surface area contributed by atoms with Crippen LogP contribution in [0.1, 0.15) is 26.4 Å². The summed E-state index contributed by atoms with van der Waals surface area (Å²) in [6, 6.07) is 13.8. The zero-order chi connectivity index (χ0) is 19.0. The SMILES string of the molecule is N#Cc1cc(C(=O)O)c2nc(NC(=O)c3cc4ccccc4cn3)[nH]c2c1. The summed E-state index contributed by atoms with van der Waals surface area (Å²) in [5.74, 6) is -1.63. The zero-order valence-corrected chi connectivity index (χ0v) is 13.7. The number of nitrogens with zero attached hydrogens (tertiary/aromatic N) is 3. The number of anilines is 1. The lowest BCUT2D eigenvalue weighted by Gasteiger charge is -2.03. The summed E-state index contributed by atoms with van der Waals surface area (Å²) < 4.78 is 0. The van der Waals surface area contributed by atoms with E-state index in [1.165, 1.54) is 12.1 Å². The van der Waals surface area contributed by atoms with Gasteiger partial charge in [-0.1, -0.05) is 24.3 Å². The van der Waals surface area contributed by atoms with Crippen molar-refractivity contribution in [3.05, 3.63) is 65.5 Å². The van der Waals surface area contributed by atoms with Crippen LogP contribution < -0.4 is 5.32 Å². The molecule has 2 heterocycles. The highest BCUT2D eigenvalue weighted by molar-refractivity contribution is 6.06. The van der Waals surface area contributed by atoms with E-state index >= 15 is 0 Å². The molecule has 0 radical (unpaired) electrons. The highest BCUT2D eigenvalue weighted by Gasteiger charge is 2.17. The number of rotatable bonds is 3. The van der Waals surface area contributed by atoms with Gasteiger partial charge in [-0.25, -0.2) is 9.78 Å². The first-order chi connectivity index (χ1) is 13.0. The third-order valence-corrected chi connectivity index (χ3v) is 4.04. The smallest absolute Gasteiger partial charge is 0.338 e. The van der Waals surface area contributed by atoms with Gasteiger partial charge in [0.2, 0.25) is 5.95 Å². The van der Waals surface area contributed by atoms with Gasteiger partial charge in [0.1, 0.15) is 11.2 Å². The van der Waals surface area contributed by atoms with Crippen LogP contribution in [0.2, 0.25) is 0 Å². The number of nitrogens with one attached hydrogen (secondary N) is 2. The molecule has 8 nitrogen and oxygen atoms in total. The molecule has 2 aromatic carbocycles. The number of imidazole rings is 1. The molecule has 130 valence electrons. The number of carboxylic acid groups (broad SMARTS) is 1. The first-order valence-electron chi connectivity index (χ1n) is 7.88. The Morgan fingerprint density at radius 3 is 2.67 bits per heavy atom. The lowest BCUT2D eigenvalue weighted by Crippen LogP contribution is -2.14. The number of aromatic carboxylic acids is 1. The van der Waals surface area contributed by atoms with Gasteiger partial charge in [-0.2, -0.15) is 5.26 Å². The van der Waals surface area contributed by atoms with E-state index in [1.54, 1.807) is 12.3 Å². The predicted octanol–water partition coefficient (Wildman–Crippen LogP) is 2.93. The summed E-state index contributed by atoms with van der Waals surface area (Å²) in [7, 11) is 0. The van der Waals surface area contributed by atoms with E-state index in [9.17, 15) is 14.7 Å². The fourth-order valence-corrected chi connectivity index (χ4v) is 2.78. The van der Waals surface area contributed by atoms with Gasteiger partial charge in [-0.15, -0.1) is 0 Å². The first kappa shape index (κ1) is 16.2. The number of H-pyrrole nitrogens is 1. The van der Waals surface area contributed by atoms with Crippen molar-refractivity contribution in [1.82, 2.24) is 15.0 Å². The van der Waals surface area contributed by atoms with Crippen molar-refractivity contribution >= 4 is 39.6 Å². The van der Waals surface area contributed by atoms with Crippen molar-refractivity contribution in [2.75, 3.05) is 5.32 Å². The summed E-state index contributed by atoms with van der Waals surface area (Å²) in [5.41, 5.74) is 0.754. The second-order valence-corrected chi connectivity index (χ2v) is 5.79. The molecular weight excluding hydrogens is 346 g/mol. The third-order valence-electron chi connectivity index (χ3n) is 4.04. The number of carbonyl (C=O) groups is 2. The monoisotopic (exact) mass is 357 g/mol. The van der Waals surface area contributed by atoms with Crippen molar-refractivity contribution < 1.29 is 14.7 Å². The minimum absolute atomic E-state index is 0.0718. The molecule has 0 unspecified atom stereocenters. The van der Waals surface area contributed by atoms with E-state index in [-0.39, 0.29) is 28.3 Å². The van der Waals surface area contributed by atoms with Gasteiger partial charge >= 0.3 is 5.97 Å². The molecule has 27 heavy (non-hydrogen) atoms. The summed E-state index contributed by atoms with van der Waals surface area (Å²) in [6.45, 7) is 0. The number of nitriles is 1. The van der Waals surface area contributed by atoms with Gasteiger partial charge in [-0.3, -0.25) is 15.1 Å². The Morgan fingerprint density at radius 1 is 1.15 bits per heavy atom. The number of pyridine rings is 1. The first-order valence-corrected chi connectivity index (χ1v) is 7.88. The predicted molar refractivity (Wildman–Crippen MR) is 97.5 cm³/mol. The lowest BCUT2D eigenvalue weighted by atomic mass is 10.1. The van der Waals surface area contributed by atoms with Gasteiger partial charge in [0.15, 0.2) is 0 Å². The molecule has 0 aliphatic heterocycles. The fourth-order valence-electron chi connectivity index (χ4n) is 2.78. The van der Waals surface area contributed by atoms with E-state index < -0.39 is 11.9 Å². The average molecular weight is 357 g/mol. The Balaban J connectivity index is 1.70. The Morgan fingerprint density at radius 2 is 1.93 bits per heavy atom. The van der Waals surface area contributed by atoms with Crippen LogP contribution in [0.5, 0.6) is 0 Å². The molecule has 1 amide bonds. The second kappa shape index (κ2) is 6.24. The maximum Gasteiger partial charge on any atom is 0.338 e. The minimum atomic E-state index is -1.21. The summed E-state index contributed by atoms with van der Waals surface area (Å²) in [6.07, 6.45) is 1.60. The molecular formula is C19H11N5O3. The van der Waals surface area contributed by atoms with E-state index in [4.69, 9.17) is 5.26 Å². The van der Waals surface area contributed by atoms with Crippen LogP contribution in [0.25, 0.3) is 21.8 Å². The van der Waals surface area contributed by atoms with Crippen molar-refractivity contribution in [3.63, 3.8) is 0 Å². The molecule has 4 aromatic rings. The van der Waals surface area contributed by atoms with Crippen molar-refractivity contribution in [3.8, 4) is 6.07 Å². The third kappa shape index (κ3) is 2.94. The Kier molecular flexibility index (Phi) is 3.75. The van der Waals surface area contributed by atoms with Crippen LogP contribution in [0.3, 0.4) is 0 Å². The molecule has 0 fully saturated rings. The molecule has 0 aliphatic carbocycles. The molecule has 0 bridgehead atoms. The number of hydrogen-bond acceptors (Lipinski definition) is 5. The molecule has 8 heteroatoms. The summed E-state index contributed by atoms with van der Waals surface area (Å²) >= 11 is 0. The number of carboxylic acids is 1. The Hall–Kier alpha value is -4.25. The molecule has 3 N–H and O–H groups in total. The van der Waals surface area contributed by atoms with Gasteiger partial charge in [-0.05, 0) is 23.6 Å². The molecule has 0 saturated carbocycles. The van der Waals surface area contributed by atoms with Gasteiger partial charge in [0.25, 0.3) is 5.91 Å². The molecule has 4 rings (SSSR count). The molecule has 2 aromatic heterocycles. The maximum atomic E-state index is 12.5. The molecule has 0 aliphatic rings. The van der Waals surface area contributed by atoms with E-state index in [0.717, 1.165) is 10.8 Å². The van der Waals surface area contributed by atoms with Gasteiger partial charge < -0.3 is 10.1 Å². The van der Waals surface area contributed by atoms with Gasteiger partial charge in [0.05, 0.1) is 22.7 Å². The largest absolute Gasteiger partial charge is 0.478 e. The Labute approximate surface area is 152 Å². The highest BCUT2D eigenvalue weighted by atomic mass is 16.4. The van der Waals surface area contributed by atoms with Crippen molar-refractivity contribution in [2.45, 2.75) is 0 Å². The number of carbonyl (C=O) groups excluding carboxylic acids is 1. The second-order valence-electron chi connectivity index (χ2n) is 5.79. The van der Waals surface area contributed by atoms with Crippen LogP contribution in [0, 0.1) is 11.3 Å². The molecule has 0 atom stereocenters. The van der Waals surface area contributed by atoms with Crippen molar-refractivity contribution in [1.29, 1.82) is 5.26 Å². The van der Waals surface area contributed by atoms with Crippen LogP contribution >= 0.6 is 0 Å². The number of amides is 1. The summed E-state index contributed by atoms with van der Waals surface area (Å²) in [5, 5.41) is 22.7. The topological polar surface area (TPSA) is 132 Å². The van der Waals surface area contributed by atoms with Crippen LogP contribution in [0.4, 0.5) is 5.95 Å². The molecule has 0 spiro atoms. The quantitative estimate of drug-likeness (QED) is 0.516. The van der Waals surface area contributed by atoms with E-state index in [1.807, 2.05) is 30.3 Å². The number of aromatic amines is 1. The Bertz CT molecular complexity index is 1270. The van der Waals surface area contributed by atoms with Crippen LogP contribution in [0.15, 0.2) is 48.7 Å². The number of aromatic nitrogens is 3. The van der Waals surface area contributed by atoms with E-state index in [2.05, 4.69) is 20.3 Å². The standard InChI is InChI=1S/C19H11N5O3/c20-8-10-5-13(18(26)27)16-14(6-10)22-19(23-16)24-17(25)15-7-11-3-1-2-4-12(11)9-21-15/h1-7,9H,(H,26,27)(H2,22,23,24,25). The maximum absolute atomic E-state index is 12.5. The molecule has 0 saturated heterocycles. The summed E-state index contributed by atoms with van der Waals surface area (Å²) in [4.78, 5) is 35.0. The van der Waals surface area contributed by atoms with Crippen LogP contribution in [-0.4, -0.2) is 31.9 Å². The minimum Gasteiger partial charge on any atom is -0.478 e. The van der Waals surface area contributed by atoms with Crippen molar-refractivity contribution in [2.24, 2.45) is 0 Å². The van der Waals surface area contributed by atoms with E-state index in [0.29, 0.717) is 5.52 Å². The zero-order valence-electron chi connectivity index (χ0n) is 13.7. The average Bonchev–Trinajstić information content (AvgIpc) is 3.08. The number of benzene rings is 2. The normalized spacial score (nSPS) is 10.6. The van der Waals surface area contributed by atoms with Crippen LogP contribution in [-0.2, 0) is 0 Å². The highest BCUT2D eigenvalue weighted by Crippen LogP contribution is 2.22. The fraction of sp³-hybridized carbons (Fsp3) is 0. The number of fused-ring (bicyclic) bond motifs is 2. The van der Waals surface area contributed by atoms with Gasteiger partial charge in [0, 0.05) is 11.6 Å².